The number of halogens is 3. The standard InChI is InChI=1S/C20H16F3N5O2S/c1-13-18(29)28(15-3-5-16(6-4-15)31-20(21,22)23)19(30)26(13)12-14-7-9-24-17(11-14)27-10-2-8-25-27/h2-11,29H,12H2,1H3. The number of rotatable bonds is 5. The maximum atomic E-state index is 13.0. The fraction of sp³-hybridized carbons (Fsp3) is 0.150. The molecular weight excluding hydrogens is 431 g/mol. The maximum Gasteiger partial charge on any atom is 0.446 e. The number of imidazole rings is 1. The van der Waals surface area contributed by atoms with E-state index in [1.165, 1.54) is 28.8 Å². The fourth-order valence-corrected chi connectivity index (χ4v) is 3.66. The van der Waals surface area contributed by atoms with Crippen LogP contribution in [0.5, 0.6) is 5.88 Å². The predicted molar refractivity (Wildman–Crippen MR) is 109 cm³/mol. The Morgan fingerprint density at radius 2 is 1.87 bits per heavy atom. The summed E-state index contributed by atoms with van der Waals surface area (Å²) in [7, 11) is 0. The second kappa shape index (κ2) is 7.99. The first-order valence-corrected chi connectivity index (χ1v) is 9.87. The van der Waals surface area contributed by atoms with Gasteiger partial charge < -0.3 is 5.11 Å². The van der Waals surface area contributed by atoms with Crippen molar-refractivity contribution in [3.8, 4) is 17.4 Å². The number of aromatic hydroxyl groups is 1. The van der Waals surface area contributed by atoms with E-state index >= 15 is 0 Å². The summed E-state index contributed by atoms with van der Waals surface area (Å²) in [5, 5.41) is 14.6. The van der Waals surface area contributed by atoms with Crippen LogP contribution in [0.4, 0.5) is 13.2 Å². The molecule has 3 heterocycles. The van der Waals surface area contributed by atoms with Crippen LogP contribution in [0.1, 0.15) is 11.3 Å². The van der Waals surface area contributed by atoms with E-state index in [4.69, 9.17) is 0 Å². The molecule has 0 bridgehead atoms. The molecule has 0 aliphatic carbocycles. The van der Waals surface area contributed by atoms with Gasteiger partial charge in [0.1, 0.15) is 0 Å². The third-order valence-corrected chi connectivity index (χ3v) is 5.32. The number of benzene rings is 1. The molecule has 3 aromatic heterocycles. The molecular formula is C20H16F3N5O2S. The van der Waals surface area contributed by atoms with Crippen molar-refractivity contribution in [3.63, 3.8) is 0 Å². The highest BCUT2D eigenvalue weighted by Gasteiger charge is 2.29. The summed E-state index contributed by atoms with van der Waals surface area (Å²) >= 11 is -0.245. The predicted octanol–water partition coefficient (Wildman–Crippen LogP) is 3.89. The van der Waals surface area contributed by atoms with Gasteiger partial charge in [-0.2, -0.15) is 18.3 Å². The zero-order valence-electron chi connectivity index (χ0n) is 16.1. The van der Waals surface area contributed by atoms with E-state index < -0.39 is 11.2 Å². The van der Waals surface area contributed by atoms with Crippen LogP contribution >= 0.6 is 11.8 Å². The molecule has 160 valence electrons. The molecule has 0 aliphatic rings. The number of thioether (sulfide) groups is 1. The van der Waals surface area contributed by atoms with Crippen LogP contribution in [0.3, 0.4) is 0 Å². The number of alkyl halides is 3. The average Bonchev–Trinajstić information content (AvgIpc) is 3.32. The Bertz CT molecular complexity index is 1260. The van der Waals surface area contributed by atoms with E-state index in [0.717, 1.165) is 10.1 Å². The molecule has 0 amide bonds. The van der Waals surface area contributed by atoms with Crippen molar-refractivity contribution in [1.29, 1.82) is 0 Å². The van der Waals surface area contributed by atoms with Crippen molar-refractivity contribution < 1.29 is 18.3 Å². The van der Waals surface area contributed by atoms with Crippen molar-refractivity contribution in [2.75, 3.05) is 0 Å². The molecule has 1 aromatic carbocycles. The van der Waals surface area contributed by atoms with Crippen molar-refractivity contribution in [3.05, 3.63) is 82.8 Å². The van der Waals surface area contributed by atoms with Crippen LogP contribution in [-0.4, -0.2) is 34.5 Å². The summed E-state index contributed by atoms with van der Waals surface area (Å²) in [6.07, 6.45) is 4.97. The summed E-state index contributed by atoms with van der Waals surface area (Å²) < 4.78 is 41.6. The van der Waals surface area contributed by atoms with Crippen LogP contribution in [0.25, 0.3) is 11.5 Å². The Morgan fingerprint density at radius 3 is 2.52 bits per heavy atom. The zero-order valence-corrected chi connectivity index (χ0v) is 16.9. The van der Waals surface area contributed by atoms with Crippen LogP contribution in [-0.2, 0) is 6.54 Å². The van der Waals surface area contributed by atoms with Gasteiger partial charge in [0.25, 0.3) is 0 Å². The Kier molecular flexibility index (Phi) is 5.36. The van der Waals surface area contributed by atoms with Crippen LogP contribution < -0.4 is 5.69 Å². The third kappa shape index (κ3) is 4.36. The summed E-state index contributed by atoms with van der Waals surface area (Å²) in [5.74, 6) is 0.303. The highest BCUT2D eigenvalue weighted by molar-refractivity contribution is 8.00. The van der Waals surface area contributed by atoms with E-state index in [1.54, 1.807) is 48.4 Å². The average molecular weight is 447 g/mol. The minimum absolute atomic E-state index is 0.0112. The van der Waals surface area contributed by atoms with E-state index in [-0.39, 0.29) is 34.8 Å². The van der Waals surface area contributed by atoms with E-state index in [1.807, 2.05) is 0 Å². The lowest BCUT2D eigenvalue weighted by molar-refractivity contribution is -0.0328. The lowest BCUT2D eigenvalue weighted by Gasteiger charge is -2.07. The second-order valence-corrected chi connectivity index (χ2v) is 7.77. The number of hydrogen-bond donors (Lipinski definition) is 1. The Hall–Kier alpha value is -3.47. The molecule has 1 N–H and O–H groups in total. The van der Waals surface area contributed by atoms with Crippen LogP contribution in [0.2, 0.25) is 0 Å². The molecule has 31 heavy (non-hydrogen) atoms. The van der Waals surface area contributed by atoms with Gasteiger partial charge in [-0.25, -0.2) is 19.0 Å². The van der Waals surface area contributed by atoms with E-state index in [2.05, 4.69) is 10.1 Å². The van der Waals surface area contributed by atoms with E-state index in [0.29, 0.717) is 11.5 Å². The summed E-state index contributed by atoms with van der Waals surface area (Å²) in [6, 6.07) is 10.5. The largest absolute Gasteiger partial charge is 0.493 e. The molecule has 4 aromatic rings. The quantitative estimate of drug-likeness (QED) is 0.470. The minimum atomic E-state index is -4.40. The molecule has 0 atom stereocenters. The van der Waals surface area contributed by atoms with E-state index in [9.17, 15) is 23.1 Å². The number of hydrogen-bond acceptors (Lipinski definition) is 5. The van der Waals surface area contributed by atoms with Gasteiger partial charge in [-0.3, -0.25) is 4.57 Å². The summed E-state index contributed by atoms with van der Waals surface area (Å²) in [4.78, 5) is 17.2. The molecule has 11 heteroatoms. The minimum Gasteiger partial charge on any atom is -0.493 e. The normalized spacial score (nSPS) is 11.7. The molecule has 0 unspecified atom stereocenters. The molecule has 0 fully saturated rings. The third-order valence-electron chi connectivity index (χ3n) is 4.58. The van der Waals surface area contributed by atoms with Gasteiger partial charge in [-0.15, -0.1) is 0 Å². The number of pyridine rings is 1. The van der Waals surface area contributed by atoms with Gasteiger partial charge >= 0.3 is 11.2 Å². The first-order chi connectivity index (χ1) is 14.7. The molecule has 0 radical (unpaired) electrons. The van der Waals surface area contributed by atoms with Gasteiger partial charge in [-0.05, 0) is 66.7 Å². The smallest absolute Gasteiger partial charge is 0.446 e. The highest BCUT2D eigenvalue weighted by Crippen LogP contribution is 2.37. The number of nitrogens with zero attached hydrogens (tertiary/aromatic N) is 5. The van der Waals surface area contributed by atoms with Gasteiger partial charge in [0.05, 0.1) is 17.9 Å². The molecule has 4 rings (SSSR count). The first kappa shape index (κ1) is 20.8. The monoisotopic (exact) mass is 447 g/mol. The lowest BCUT2D eigenvalue weighted by Crippen LogP contribution is -2.24. The van der Waals surface area contributed by atoms with Crippen LogP contribution in [0.15, 0.2) is 70.7 Å². The van der Waals surface area contributed by atoms with Gasteiger partial charge in [0, 0.05) is 23.5 Å². The molecule has 0 saturated heterocycles. The van der Waals surface area contributed by atoms with Crippen molar-refractivity contribution >= 4 is 11.8 Å². The number of aromatic nitrogens is 5. The fourth-order valence-electron chi connectivity index (χ4n) is 3.12. The Labute approximate surface area is 178 Å². The Morgan fingerprint density at radius 1 is 1.13 bits per heavy atom. The SMILES string of the molecule is Cc1c(O)n(-c2ccc(SC(F)(F)F)cc2)c(=O)n1Cc1ccnc(-n2cccn2)c1. The molecule has 7 nitrogen and oxygen atoms in total. The zero-order chi connectivity index (χ0) is 22.2. The summed E-state index contributed by atoms with van der Waals surface area (Å²) in [6.45, 7) is 1.76. The van der Waals surface area contributed by atoms with Crippen LogP contribution in [0, 0.1) is 6.92 Å². The summed E-state index contributed by atoms with van der Waals surface area (Å²) in [5.41, 5.74) is -3.55. The molecule has 0 saturated carbocycles. The Balaban J connectivity index is 1.66. The maximum absolute atomic E-state index is 13.0. The van der Waals surface area contributed by atoms with Crippen molar-refractivity contribution in [1.82, 2.24) is 23.9 Å². The topological polar surface area (TPSA) is 77.9 Å². The van der Waals surface area contributed by atoms with Crippen molar-refractivity contribution in [2.24, 2.45) is 0 Å². The highest BCUT2D eigenvalue weighted by atomic mass is 32.2. The van der Waals surface area contributed by atoms with Gasteiger partial charge in [-0.1, -0.05) is 0 Å². The van der Waals surface area contributed by atoms with Gasteiger partial charge in [0.2, 0.25) is 5.88 Å². The van der Waals surface area contributed by atoms with Crippen molar-refractivity contribution in [2.45, 2.75) is 23.9 Å². The molecule has 0 spiro atoms. The first-order valence-electron chi connectivity index (χ1n) is 9.05. The lowest BCUT2D eigenvalue weighted by atomic mass is 10.2. The molecule has 0 aliphatic heterocycles. The van der Waals surface area contributed by atoms with Gasteiger partial charge in [0.15, 0.2) is 5.82 Å². The second-order valence-electron chi connectivity index (χ2n) is 6.63.